The van der Waals surface area contributed by atoms with Gasteiger partial charge in [-0.2, -0.15) is 0 Å². The van der Waals surface area contributed by atoms with Crippen molar-refractivity contribution >= 4 is 46.8 Å². The monoisotopic (exact) mass is 482 g/mol. The molecule has 3 rings (SSSR count). The first-order valence-electron chi connectivity index (χ1n) is 8.80. The molecule has 0 fully saturated rings. The van der Waals surface area contributed by atoms with Crippen molar-refractivity contribution < 1.29 is 0 Å². The molecule has 4 nitrogen and oxygen atoms in total. The van der Waals surface area contributed by atoms with Crippen molar-refractivity contribution in [3.05, 3.63) is 57.6 Å². The summed E-state index contributed by atoms with van der Waals surface area (Å²) < 4.78 is 0. The number of halogens is 1. The molecule has 2 aromatic rings. The van der Waals surface area contributed by atoms with Crippen LogP contribution in [0.25, 0.3) is 5.57 Å². The Morgan fingerprint density at radius 2 is 2.04 bits per heavy atom. The van der Waals surface area contributed by atoms with E-state index in [-0.39, 0.29) is 24.0 Å². The number of hydrogen-bond donors (Lipinski definition) is 1. The standard InChI is InChI=1S/C20H26N4S.HI/c1-15-19(25-16(2)23-15)9-12-22-20(21-3)24-13-10-18(11-14-24)17-7-5-4-6-8-17;/h4-8,10H,9,11-14H2,1-3H3,(H,21,22);1H. The SMILES string of the molecule is CN=C(NCCc1sc(C)nc1C)N1CC=C(c2ccccc2)CC1.I. The van der Waals surface area contributed by atoms with Crippen LogP contribution in [-0.2, 0) is 6.42 Å². The number of aromatic nitrogens is 1. The summed E-state index contributed by atoms with van der Waals surface area (Å²) in [4.78, 5) is 12.6. The molecule has 0 saturated heterocycles. The van der Waals surface area contributed by atoms with Gasteiger partial charge in [0.05, 0.1) is 10.7 Å². The number of nitrogens with one attached hydrogen (secondary N) is 1. The number of guanidine groups is 1. The molecule has 2 heterocycles. The second kappa shape index (κ2) is 10.1. The Kier molecular flexibility index (Phi) is 8.09. The molecule has 0 bridgehead atoms. The van der Waals surface area contributed by atoms with E-state index in [0.29, 0.717) is 0 Å². The van der Waals surface area contributed by atoms with Crippen LogP contribution in [0.5, 0.6) is 0 Å². The number of aliphatic imine (C=N–C) groups is 1. The molecule has 0 radical (unpaired) electrons. The van der Waals surface area contributed by atoms with Gasteiger partial charge in [-0.25, -0.2) is 4.98 Å². The molecule has 1 aliphatic heterocycles. The third kappa shape index (κ3) is 5.30. The molecule has 1 aromatic heterocycles. The van der Waals surface area contributed by atoms with Crippen LogP contribution in [0.1, 0.15) is 27.6 Å². The molecular formula is C20H27IN4S. The maximum atomic E-state index is 4.50. The zero-order valence-corrected chi connectivity index (χ0v) is 18.8. The Morgan fingerprint density at radius 1 is 1.27 bits per heavy atom. The van der Waals surface area contributed by atoms with Crippen LogP contribution >= 0.6 is 35.3 Å². The van der Waals surface area contributed by atoms with Gasteiger partial charge in [0.2, 0.25) is 0 Å². The third-order valence-electron chi connectivity index (χ3n) is 4.50. The lowest BCUT2D eigenvalue weighted by Crippen LogP contribution is -2.44. The van der Waals surface area contributed by atoms with Crippen LogP contribution in [0, 0.1) is 13.8 Å². The highest BCUT2D eigenvalue weighted by Gasteiger charge is 2.16. The van der Waals surface area contributed by atoms with Gasteiger partial charge in [-0.1, -0.05) is 36.4 Å². The minimum Gasteiger partial charge on any atom is -0.356 e. The highest BCUT2D eigenvalue weighted by molar-refractivity contribution is 14.0. The molecule has 0 unspecified atom stereocenters. The van der Waals surface area contributed by atoms with Gasteiger partial charge >= 0.3 is 0 Å². The van der Waals surface area contributed by atoms with Crippen molar-refractivity contribution in [2.45, 2.75) is 26.7 Å². The van der Waals surface area contributed by atoms with Crippen LogP contribution in [0.2, 0.25) is 0 Å². The second-order valence-corrected chi connectivity index (χ2v) is 7.54. The Morgan fingerprint density at radius 3 is 2.62 bits per heavy atom. The van der Waals surface area contributed by atoms with Crippen LogP contribution in [0.15, 0.2) is 41.4 Å². The number of benzene rings is 1. The lowest BCUT2D eigenvalue weighted by atomic mass is 10.00. The van der Waals surface area contributed by atoms with Crippen molar-refractivity contribution in [3.8, 4) is 0 Å². The van der Waals surface area contributed by atoms with E-state index in [0.717, 1.165) is 49.1 Å². The zero-order valence-electron chi connectivity index (χ0n) is 15.7. The topological polar surface area (TPSA) is 40.5 Å². The Hall–Kier alpha value is -1.41. The lowest BCUT2D eigenvalue weighted by molar-refractivity contribution is 0.440. The van der Waals surface area contributed by atoms with E-state index in [1.165, 1.54) is 16.0 Å². The maximum Gasteiger partial charge on any atom is 0.193 e. The summed E-state index contributed by atoms with van der Waals surface area (Å²) in [5.74, 6) is 0.988. The predicted octanol–water partition coefficient (Wildman–Crippen LogP) is 4.29. The summed E-state index contributed by atoms with van der Waals surface area (Å²) in [5, 5.41) is 4.65. The molecule has 0 atom stereocenters. The van der Waals surface area contributed by atoms with Crippen molar-refractivity contribution in [2.24, 2.45) is 4.99 Å². The molecule has 140 valence electrons. The molecule has 26 heavy (non-hydrogen) atoms. The molecule has 6 heteroatoms. The summed E-state index contributed by atoms with van der Waals surface area (Å²) in [6, 6.07) is 10.7. The van der Waals surface area contributed by atoms with Gasteiger partial charge in [0.25, 0.3) is 0 Å². The predicted molar refractivity (Wildman–Crippen MR) is 123 cm³/mol. The summed E-state index contributed by atoms with van der Waals surface area (Å²) >= 11 is 1.79. The summed E-state index contributed by atoms with van der Waals surface area (Å²) in [6.07, 6.45) is 4.37. The van der Waals surface area contributed by atoms with Crippen LogP contribution in [-0.4, -0.2) is 42.5 Å². The third-order valence-corrected chi connectivity index (χ3v) is 5.63. The number of thiazole rings is 1. The van der Waals surface area contributed by atoms with Crippen LogP contribution in [0.4, 0.5) is 0 Å². The molecule has 0 aliphatic carbocycles. The molecule has 1 N–H and O–H groups in total. The number of rotatable bonds is 4. The number of nitrogens with zero attached hydrogens (tertiary/aromatic N) is 3. The van der Waals surface area contributed by atoms with E-state index in [9.17, 15) is 0 Å². The van der Waals surface area contributed by atoms with E-state index >= 15 is 0 Å². The number of hydrogen-bond acceptors (Lipinski definition) is 3. The first-order chi connectivity index (χ1) is 12.2. The van der Waals surface area contributed by atoms with Crippen LogP contribution in [0.3, 0.4) is 0 Å². The Labute approximate surface area is 177 Å². The molecule has 1 aromatic carbocycles. The summed E-state index contributed by atoms with van der Waals surface area (Å²) in [7, 11) is 1.86. The smallest absolute Gasteiger partial charge is 0.193 e. The minimum absolute atomic E-state index is 0. The maximum absolute atomic E-state index is 4.50. The quantitative estimate of drug-likeness (QED) is 0.402. The van der Waals surface area contributed by atoms with Crippen LogP contribution < -0.4 is 5.32 Å². The average Bonchev–Trinajstić information content (AvgIpc) is 2.97. The normalized spacial score (nSPS) is 14.7. The molecule has 0 amide bonds. The van der Waals surface area contributed by atoms with Gasteiger partial charge in [-0.05, 0) is 31.4 Å². The van der Waals surface area contributed by atoms with E-state index in [2.05, 4.69) is 70.4 Å². The minimum atomic E-state index is 0. The first-order valence-corrected chi connectivity index (χ1v) is 9.62. The van der Waals surface area contributed by atoms with Gasteiger partial charge in [0.1, 0.15) is 0 Å². The van der Waals surface area contributed by atoms with Gasteiger partial charge in [0.15, 0.2) is 5.96 Å². The molecule has 1 aliphatic rings. The van der Waals surface area contributed by atoms with Gasteiger partial charge in [-0.3, -0.25) is 4.99 Å². The fourth-order valence-corrected chi connectivity index (χ4v) is 4.14. The van der Waals surface area contributed by atoms with Crippen molar-refractivity contribution in [1.29, 1.82) is 0 Å². The number of aryl methyl sites for hydroxylation is 2. The Balaban J connectivity index is 0.00000243. The Bertz CT molecular complexity index is 767. The van der Waals surface area contributed by atoms with Crippen molar-refractivity contribution in [2.75, 3.05) is 26.7 Å². The van der Waals surface area contributed by atoms with Gasteiger partial charge in [-0.15, -0.1) is 35.3 Å². The van der Waals surface area contributed by atoms with E-state index in [4.69, 9.17) is 0 Å². The van der Waals surface area contributed by atoms with Crippen molar-refractivity contribution in [3.63, 3.8) is 0 Å². The molecular weight excluding hydrogens is 455 g/mol. The molecule has 0 spiro atoms. The highest BCUT2D eigenvalue weighted by atomic mass is 127. The first kappa shape index (κ1) is 20.9. The molecule has 0 saturated carbocycles. The largest absolute Gasteiger partial charge is 0.356 e. The fraction of sp³-hybridized carbons (Fsp3) is 0.400. The average molecular weight is 482 g/mol. The van der Waals surface area contributed by atoms with Crippen molar-refractivity contribution in [1.82, 2.24) is 15.2 Å². The van der Waals surface area contributed by atoms with E-state index in [1.807, 2.05) is 7.05 Å². The highest BCUT2D eigenvalue weighted by Crippen LogP contribution is 2.22. The second-order valence-electron chi connectivity index (χ2n) is 6.26. The zero-order chi connectivity index (χ0) is 17.6. The van der Waals surface area contributed by atoms with Gasteiger partial charge in [0, 0.05) is 38.0 Å². The van der Waals surface area contributed by atoms with E-state index in [1.54, 1.807) is 11.3 Å². The fourth-order valence-electron chi connectivity index (χ4n) is 3.20. The summed E-state index contributed by atoms with van der Waals surface area (Å²) in [5.41, 5.74) is 3.93. The lowest BCUT2D eigenvalue weighted by Gasteiger charge is -2.29. The van der Waals surface area contributed by atoms with Gasteiger partial charge < -0.3 is 10.2 Å². The summed E-state index contributed by atoms with van der Waals surface area (Å²) in [6.45, 7) is 6.95. The van der Waals surface area contributed by atoms with E-state index < -0.39 is 0 Å².